The highest BCUT2D eigenvalue weighted by Gasteiger charge is 2.42. The van der Waals surface area contributed by atoms with Crippen molar-refractivity contribution in [1.29, 1.82) is 0 Å². The fourth-order valence-electron chi connectivity index (χ4n) is 3.37. The van der Waals surface area contributed by atoms with Gasteiger partial charge in [-0.05, 0) is 23.3 Å². The molecule has 9 nitrogen and oxygen atoms in total. The van der Waals surface area contributed by atoms with Crippen LogP contribution in [0.3, 0.4) is 0 Å². The van der Waals surface area contributed by atoms with Gasteiger partial charge in [0.25, 0.3) is 11.8 Å². The summed E-state index contributed by atoms with van der Waals surface area (Å²) in [4.78, 5) is 47.9. The second-order valence-corrected chi connectivity index (χ2v) is 7.21. The summed E-state index contributed by atoms with van der Waals surface area (Å²) in [5.41, 5.74) is 0.660. The molecule has 0 radical (unpaired) electrons. The fraction of sp³-hybridized carbons (Fsp3) is 0.136. The highest BCUT2D eigenvalue weighted by Crippen LogP contribution is 2.42. The van der Waals surface area contributed by atoms with Crippen molar-refractivity contribution in [2.45, 2.75) is 6.54 Å². The first-order valence-electron chi connectivity index (χ1n) is 9.32. The van der Waals surface area contributed by atoms with Gasteiger partial charge in [-0.2, -0.15) is 0 Å². The van der Waals surface area contributed by atoms with E-state index in [2.05, 4.69) is 9.97 Å². The lowest BCUT2D eigenvalue weighted by Gasteiger charge is -2.14. The van der Waals surface area contributed by atoms with Crippen molar-refractivity contribution in [3.8, 4) is 11.5 Å². The zero-order valence-corrected chi connectivity index (χ0v) is 16.7. The number of hydrogen-bond acceptors (Lipinski definition) is 7. The van der Waals surface area contributed by atoms with Gasteiger partial charge < -0.3 is 15.1 Å². The van der Waals surface area contributed by atoms with E-state index in [1.807, 2.05) is 0 Å². The Morgan fingerprint density at radius 3 is 2.16 bits per heavy atom. The summed E-state index contributed by atoms with van der Waals surface area (Å²) >= 11 is 0. The highest BCUT2D eigenvalue weighted by atomic mass is 16.3. The molecule has 3 amide bonds. The normalized spacial score (nSPS) is 13.3. The van der Waals surface area contributed by atoms with Gasteiger partial charge in [-0.15, -0.1) is 0 Å². The second kappa shape index (κ2) is 7.52. The topological polar surface area (TPSA) is 124 Å². The van der Waals surface area contributed by atoms with Crippen LogP contribution in [-0.2, 0) is 11.3 Å². The number of carbonyl (C=O) groups is 3. The molecule has 0 atom stereocenters. The van der Waals surface area contributed by atoms with Crippen LogP contribution < -0.4 is 0 Å². The van der Waals surface area contributed by atoms with Gasteiger partial charge in [-0.1, -0.05) is 18.2 Å². The minimum Gasteiger partial charge on any atom is -0.505 e. The number of amides is 3. The predicted octanol–water partition coefficient (Wildman–Crippen LogP) is 1.94. The Morgan fingerprint density at radius 2 is 1.61 bits per heavy atom. The zero-order valence-electron chi connectivity index (χ0n) is 16.7. The third-order valence-electron chi connectivity index (χ3n) is 4.94. The average Bonchev–Trinajstić information content (AvgIpc) is 3.01. The second-order valence-electron chi connectivity index (χ2n) is 7.21. The third-order valence-corrected chi connectivity index (χ3v) is 4.94. The highest BCUT2D eigenvalue weighted by molar-refractivity contribution is 6.26. The first kappa shape index (κ1) is 20.0. The summed E-state index contributed by atoms with van der Waals surface area (Å²) in [5, 5.41) is 21.0. The maximum absolute atomic E-state index is 12.9. The molecule has 1 aromatic heterocycles. The SMILES string of the molecule is CN(C)C(=O)C=Cc1cccc(CN2C(=O)c3c(c(O)c4nccnc4c3O)C2=O)c1. The van der Waals surface area contributed by atoms with Gasteiger partial charge in [0.2, 0.25) is 5.91 Å². The molecule has 0 saturated heterocycles. The number of imide groups is 1. The summed E-state index contributed by atoms with van der Waals surface area (Å²) < 4.78 is 0. The van der Waals surface area contributed by atoms with Crippen molar-refractivity contribution in [3.63, 3.8) is 0 Å². The van der Waals surface area contributed by atoms with Gasteiger partial charge in [0.05, 0.1) is 6.54 Å². The minimum absolute atomic E-state index is 0.0561. The molecule has 2 N–H and O–H groups in total. The van der Waals surface area contributed by atoms with Crippen molar-refractivity contribution in [3.05, 3.63) is 65.0 Å². The lowest BCUT2D eigenvalue weighted by Crippen LogP contribution is -2.29. The zero-order chi connectivity index (χ0) is 22.3. The molecule has 0 unspecified atom stereocenters. The van der Waals surface area contributed by atoms with Crippen molar-refractivity contribution in [2.75, 3.05) is 14.1 Å². The molecule has 4 rings (SSSR count). The average molecular weight is 418 g/mol. The molecule has 0 saturated carbocycles. The standard InChI is InChI=1S/C22H18N4O5/c1-25(2)14(27)7-6-12-4-3-5-13(10-12)11-26-21(30)15-16(22(26)31)20(29)18-17(19(15)28)23-8-9-24-18/h3-10,28-29H,11H2,1-2H3. The molecule has 9 heteroatoms. The molecule has 0 fully saturated rings. The minimum atomic E-state index is -0.732. The lowest BCUT2D eigenvalue weighted by atomic mass is 10.1. The summed E-state index contributed by atoms with van der Waals surface area (Å²) in [5.74, 6) is -2.62. The molecule has 3 aromatic rings. The number of hydrogen-bond donors (Lipinski definition) is 2. The largest absolute Gasteiger partial charge is 0.505 e. The number of aromatic nitrogens is 2. The summed E-state index contributed by atoms with van der Waals surface area (Å²) in [6.45, 7) is -0.0776. The van der Waals surface area contributed by atoms with Crippen molar-refractivity contribution in [2.24, 2.45) is 0 Å². The Morgan fingerprint density at radius 1 is 1.03 bits per heavy atom. The number of aromatic hydroxyl groups is 2. The summed E-state index contributed by atoms with van der Waals surface area (Å²) in [7, 11) is 3.29. The van der Waals surface area contributed by atoms with Gasteiger partial charge in [0.1, 0.15) is 22.2 Å². The maximum atomic E-state index is 12.9. The molecule has 2 aromatic carbocycles. The van der Waals surface area contributed by atoms with Crippen LogP contribution in [0, 0.1) is 0 Å². The first-order chi connectivity index (χ1) is 14.8. The summed E-state index contributed by atoms with van der Waals surface area (Å²) in [6.07, 6.45) is 5.68. The number of rotatable bonds is 4. The van der Waals surface area contributed by atoms with Gasteiger partial charge in [-0.3, -0.25) is 19.3 Å². The van der Waals surface area contributed by atoms with E-state index in [0.717, 1.165) is 4.90 Å². The monoisotopic (exact) mass is 418 g/mol. The number of nitrogens with zero attached hydrogens (tertiary/aromatic N) is 4. The summed E-state index contributed by atoms with van der Waals surface area (Å²) in [6, 6.07) is 6.99. The maximum Gasteiger partial charge on any atom is 0.265 e. The third kappa shape index (κ3) is 3.35. The van der Waals surface area contributed by atoms with Crippen molar-refractivity contribution >= 4 is 34.8 Å². The number of carbonyl (C=O) groups excluding carboxylic acids is 3. The Hall–Kier alpha value is -4.27. The van der Waals surface area contributed by atoms with Crippen LogP contribution in [0.2, 0.25) is 0 Å². The van der Waals surface area contributed by atoms with E-state index >= 15 is 0 Å². The number of phenolic OH excluding ortho intramolecular Hbond substituents is 2. The van der Waals surface area contributed by atoms with E-state index in [1.165, 1.54) is 23.4 Å². The van der Waals surface area contributed by atoms with Crippen molar-refractivity contribution < 1.29 is 24.6 Å². The molecule has 1 aliphatic heterocycles. The van der Waals surface area contributed by atoms with Crippen LogP contribution in [0.25, 0.3) is 17.1 Å². The molecule has 0 spiro atoms. The van der Waals surface area contributed by atoms with Gasteiger partial charge >= 0.3 is 0 Å². The molecular formula is C22H18N4O5. The molecule has 156 valence electrons. The fourth-order valence-corrected chi connectivity index (χ4v) is 3.37. The van der Waals surface area contributed by atoms with Gasteiger partial charge in [0.15, 0.2) is 11.5 Å². The molecule has 0 bridgehead atoms. The molecule has 1 aliphatic rings. The van der Waals surface area contributed by atoms with E-state index in [1.54, 1.807) is 44.4 Å². The van der Waals surface area contributed by atoms with Gasteiger partial charge in [0, 0.05) is 32.6 Å². The van der Waals surface area contributed by atoms with E-state index in [-0.39, 0.29) is 34.6 Å². The van der Waals surface area contributed by atoms with E-state index in [4.69, 9.17) is 0 Å². The van der Waals surface area contributed by atoms with Crippen LogP contribution in [0.5, 0.6) is 11.5 Å². The number of fused-ring (bicyclic) bond motifs is 2. The smallest absolute Gasteiger partial charge is 0.265 e. The van der Waals surface area contributed by atoms with E-state index in [0.29, 0.717) is 11.1 Å². The number of benzene rings is 2. The predicted molar refractivity (Wildman–Crippen MR) is 111 cm³/mol. The van der Waals surface area contributed by atoms with Crippen LogP contribution in [-0.4, -0.2) is 61.8 Å². The van der Waals surface area contributed by atoms with Gasteiger partial charge in [-0.25, -0.2) is 9.97 Å². The van der Waals surface area contributed by atoms with Crippen LogP contribution >= 0.6 is 0 Å². The van der Waals surface area contributed by atoms with Crippen LogP contribution in [0.1, 0.15) is 31.8 Å². The van der Waals surface area contributed by atoms with E-state index in [9.17, 15) is 24.6 Å². The lowest BCUT2D eigenvalue weighted by molar-refractivity contribution is -0.123. The Balaban J connectivity index is 1.67. The van der Waals surface area contributed by atoms with Crippen LogP contribution in [0.15, 0.2) is 42.7 Å². The Bertz CT molecular complexity index is 1220. The number of likely N-dealkylation sites (N-methyl/N-ethyl adjacent to an activating group) is 1. The number of phenols is 2. The van der Waals surface area contributed by atoms with E-state index < -0.39 is 23.3 Å². The van der Waals surface area contributed by atoms with Crippen LogP contribution in [0.4, 0.5) is 0 Å². The first-order valence-corrected chi connectivity index (χ1v) is 9.32. The molecule has 2 heterocycles. The quantitative estimate of drug-likeness (QED) is 0.377. The molecule has 31 heavy (non-hydrogen) atoms. The Labute approximate surface area is 176 Å². The Kier molecular flexibility index (Phi) is 4.86. The molecular weight excluding hydrogens is 400 g/mol. The molecule has 0 aliphatic carbocycles. The van der Waals surface area contributed by atoms with Crippen molar-refractivity contribution in [1.82, 2.24) is 19.8 Å².